The molecule has 2 aromatic rings. The fourth-order valence-corrected chi connectivity index (χ4v) is 1.32. The average Bonchev–Trinajstić information content (AvgIpc) is 2.76. The number of rotatable bonds is 4. The summed E-state index contributed by atoms with van der Waals surface area (Å²) in [6.07, 6.45) is 2.95. The highest BCUT2D eigenvalue weighted by Crippen LogP contribution is 2.13. The summed E-state index contributed by atoms with van der Waals surface area (Å²) >= 11 is 0. The molecule has 1 aromatic heterocycles. The van der Waals surface area contributed by atoms with Crippen LogP contribution in [0.25, 0.3) is 5.69 Å². The largest absolute Gasteiger partial charge is 0.488 e. The quantitative estimate of drug-likeness (QED) is 0.848. The van der Waals surface area contributed by atoms with Gasteiger partial charge >= 0.3 is 0 Å². The lowest BCUT2D eigenvalue weighted by molar-refractivity contribution is 0.122. The van der Waals surface area contributed by atoms with Crippen molar-refractivity contribution >= 4 is 0 Å². The van der Waals surface area contributed by atoms with E-state index in [0.717, 1.165) is 5.69 Å². The van der Waals surface area contributed by atoms with Crippen LogP contribution in [-0.2, 0) is 0 Å². The van der Waals surface area contributed by atoms with E-state index in [1.807, 2.05) is 30.3 Å². The van der Waals surface area contributed by atoms with Crippen molar-refractivity contribution in [2.75, 3.05) is 6.61 Å². The second kappa shape index (κ2) is 4.81. The van der Waals surface area contributed by atoms with Crippen molar-refractivity contribution < 1.29 is 9.84 Å². The molecule has 16 heavy (non-hydrogen) atoms. The highest BCUT2D eigenvalue weighted by molar-refractivity contribution is 5.32. The Bertz CT molecular complexity index is 437. The van der Waals surface area contributed by atoms with Gasteiger partial charge in [-0.1, -0.05) is 18.2 Å². The maximum Gasteiger partial charge on any atom is 0.157 e. The first-order valence-electron chi connectivity index (χ1n) is 5.16. The van der Waals surface area contributed by atoms with Gasteiger partial charge in [0.1, 0.15) is 6.61 Å². The molecule has 1 N–H and O–H groups in total. The van der Waals surface area contributed by atoms with E-state index in [1.54, 1.807) is 24.0 Å². The third-order valence-electron chi connectivity index (χ3n) is 2.07. The fraction of sp³-hybridized carbons (Fsp3) is 0.250. The van der Waals surface area contributed by atoms with Crippen LogP contribution in [-0.4, -0.2) is 27.6 Å². The van der Waals surface area contributed by atoms with Crippen LogP contribution in [0.2, 0.25) is 0 Å². The van der Waals surface area contributed by atoms with Gasteiger partial charge in [-0.05, 0) is 19.1 Å². The third-order valence-corrected chi connectivity index (χ3v) is 2.07. The minimum Gasteiger partial charge on any atom is -0.488 e. The molecule has 0 bridgehead atoms. The van der Waals surface area contributed by atoms with E-state index in [2.05, 4.69) is 5.10 Å². The van der Waals surface area contributed by atoms with Gasteiger partial charge in [0.25, 0.3) is 0 Å². The molecular formula is C12H14N2O2. The van der Waals surface area contributed by atoms with Gasteiger partial charge in [-0.15, -0.1) is 0 Å². The maximum absolute atomic E-state index is 9.09. The van der Waals surface area contributed by atoms with Gasteiger partial charge in [-0.3, -0.25) is 0 Å². The second-order valence-corrected chi connectivity index (χ2v) is 3.62. The maximum atomic E-state index is 9.09. The number of hydrogen-bond acceptors (Lipinski definition) is 3. The number of hydrogen-bond donors (Lipinski definition) is 1. The molecule has 2 rings (SSSR count). The summed E-state index contributed by atoms with van der Waals surface area (Å²) in [5.74, 6) is 0.657. The molecule has 0 saturated heterocycles. The lowest BCUT2D eigenvalue weighted by atomic mass is 10.3. The van der Waals surface area contributed by atoms with Crippen molar-refractivity contribution in [2.45, 2.75) is 13.0 Å². The van der Waals surface area contributed by atoms with Crippen LogP contribution in [0.4, 0.5) is 0 Å². The molecule has 1 unspecified atom stereocenters. The van der Waals surface area contributed by atoms with Crippen molar-refractivity contribution in [3.8, 4) is 11.4 Å². The zero-order chi connectivity index (χ0) is 11.4. The molecule has 0 aliphatic heterocycles. The predicted octanol–water partition coefficient (Wildman–Crippen LogP) is 1.63. The smallest absolute Gasteiger partial charge is 0.157 e. The highest BCUT2D eigenvalue weighted by Gasteiger charge is 2.02. The Kier molecular flexibility index (Phi) is 3.22. The number of aliphatic hydroxyl groups excluding tert-OH is 1. The summed E-state index contributed by atoms with van der Waals surface area (Å²) in [5.41, 5.74) is 0.981. The van der Waals surface area contributed by atoms with E-state index in [0.29, 0.717) is 5.75 Å². The SMILES string of the molecule is CC(O)COc1cnn(-c2ccccc2)c1. The number of para-hydroxylation sites is 1. The molecule has 0 aliphatic rings. The normalized spacial score (nSPS) is 12.4. The lowest BCUT2D eigenvalue weighted by Crippen LogP contribution is -2.12. The minimum absolute atomic E-state index is 0.278. The minimum atomic E-state index is -0.472. The number of nitrogens with zero attached hydrogens (tertiary/aromatic N) is 2. The first-order valence-corrected chi connectivity index (χ1v) is 5.16. The Morgan fingerprint density at radius 3 is 2.81 bits per heavy atom. The van der Waals surface area contributed by atoms with Gasteiger partial charge < -0.3 is 9.84 Å². The summed E-state index contributed by atoms with van der Waals surface area (Å²) in [6, 6.07) is 9.79. The zero-order valence-corrected chi connectivity index (χ0v) is 9.08. The van der Waals surface area contributed by atoms with Gasteiger partial charge in [0.05, 0.1) is 24.2 Å². The van der Waals surface area contributed by atoms with E-state index in [9.17, 15) is 0 Å². The van der Waals surface area contributed by atoms with Crippen LogP contribution in [0.3, 0.4) is 0 Å². The number of aromatic nitrogens is 2. The van der Waals surface area contributed by atoms with E-state index >= 15 is 0 Å². The Balaban J connectivity index is 2.08. The fourth-order valence-electron chi connectivity index (χ4n) is 1.32. The first-order chi connectivity index (χ1) is 7.75. The monoisotopic (exact) mass is 218 g/mol. The van der Waals surface area contributed by atoms with E-state index in [4.69, 9.17) is 9.84 Å². The van der Waals surface area contributed by atoms with Crippen LogP contribution in [0.5, 0.6) is 5.75 Å². The number of aliphatic hydroxyl groups is 1. The molecule has 4 heteroatoms. The van der Waals surface area contributed by atoms with Crippen LogP contribution < -0.4 is 4.74 Å². The molecule has 0 amide bonds. The van der Waals surface area contributed by atoms with Gasteiger partial charge in [0.2, 0.25) is 0 Å². The van der Waals surface area contributed by atoms with Crippen molar-refractivity contribution in [3.63, 3.8) is 0 Å². The summed E-state index contributed by atoms with van der Waals surface area (Å²) < 4.78 is 7.07. The Labute approximate surface area is 94.1 Å². The van der Waals surface area contributed by atoms with E-state index in [-0.39, 0.29) is 6.61 Å². The van der Waals surface area contributed by atoms with Crippen LogP contribution in [0, 0.1) is 0 Å². The molecule has 1 heterocycles. The van der Waals surface area contributed by atoms with Crippen LogP contribution in [0.15, 0.2) is 42.7 Å². The summed E-state index contributed by atoms with van der Waals surface area (Å²) in [6.45, 7) is 1.96. The average molecular weight is 218 g/mol. The predicted molar refractivity (Wildman–Crippen MR) is 60.7 cm³/mol. The lowest BCUT2D eigenvalue weighted by Gasteiger charge is -2.04. The van der Waals surface area contributed by atoms with Crippen molar-refractivity contribution in [1.82, 2.24) is 9.78 Å². The van der Waals surface area contributed by atoms with E-state index in [1.165, 1.54) is 0 Å². The molecule has 84 valence electrons. The summed E-state index contributed by atoms with van der Waals surface area (Å²) in [7, 11) is 0. The van der Waals surface area contributed by atoms with Gasteiger partial charge in [-0.25, -0.2) is 4.68 Å². The third kappa shape index (κ3) is 2.61. The molecule has 0 radical (unpaired) electrons. The highest BCUT2D eigenvalue weighted by atomic mass is 16.5. The number of ether oxygens (including phenoxy) is 1. The van der Waals surface area contributed by atoms with Crippen LogP contribution >= 0.6 is 0 Å². The molecular weight excluding hydrogens is 204 g/mol. The van der Waals surface area contributed by atoms with E-state index < -0.39 is 6.10 Å². The molecule has 0 saturated carbocycles. The molecule has 0 fully saturated rings. The Hall–Kier alpha value is -1.81. The van der Waals surface area contributed by atoms with Gasteiger partial charge in [-0.2, -0.15) is 5.10 Å². The van der Waals surface area contributed by atoms with Crippen molar-refractivity contribution in [2.24, 2.45) is 0 Å². The van der Waals surface area contributed by atoms with Gasteiger partial charge in [0.15, 0.2) is 5.75 Å². The Morgan fingerprint density at radius 2 is 2.12 bits per heavy atom. The molecule has 1 aromatic carbocycles. The topological polar surface area (TPSA) is 47.3 Å². The standard InChI is InChI=1S/C12H14N2O2/c1-10(15)9-16-12-7-13-14(8-12)11-5-3-2-4-6-11/h2-8,10,15H,9H2,1H3. The summed E-state index contributed by atoms with van der Waals surface area (Å²) in [4.78, 5) is 0. The molecule has 0 aliphatic carbocycles. The number of benzene rings is 1. The molecule has 4 nitrogen and oxygen atoms in total. The first kappa shape index (κ1) is 10.7. The molecule has 0 spiro atoms. The zero-order valence-electron chi connectivity index (χ0n) is 9.08. The summed E-state index contributed by atoms with van der Waals surface area (Å²) in [5, 5.41) is 13.3. The van der Waals surface area contributed by atoms with Crippen molar-refractivity contribution in [1.29, 1.82) is 0 Å². The Morgan fingerprint density at radius 1 is 1.38 bits per heavy atom. The van der Waals surface area contributed by atoms with Crippen LogP contribution in [0.1, 0.15) is 6.92 Å². The second-order valence-electron chi connectivity index (χ2n) is 3.62. The van der Waals surface area contributed by atoms with Crippen molar-refractivity contribution in [3.05, 3.63) is 42.7 Å². The van der Waals surface area contributed by atoms with Gasteiger partial charge in [0, 0.05) is 0 Å². The molecule has 1 atom stereocenters.